The molecule has 0 amide bonds. The van der Waals surface area contributed by atoms with Crippen LogP contribution >= 0.6 is 11.8 Å². The Balaban J connectivity index is 1.30. The molecule has 6 nitrogen and oxygen atoms in total. The minimum atomic E-state index is -0.315. The normalized spacial score (nSPS) is 15.5. The quantitative estimate of drug-likeness (QED) is 0.471. The molecule has 1 atom stereocenters. The Labute approximate surface area is 166 Å². The molecule has 0 spiro atoms. The lowest BCUT2D eigenvalue weighted by Gasteiger charge is -2.09. The topological polar surface area (TPSA) is 74.5 Å². The van der Waals surface area contributed by atoms with Crippen molar-refractivity contribution >= 4 is 17.5 Å². The number of thioether (sulfide) groups is 1. The Hall–Kier alpha value is -2.80. The van der Waals surface area contributed by atoms with Crippen molar-refractivity contribution in [1.29, 1.82) is 0 Å². The van der Waals surface area contributed by atoms with Crippen LogP contribution in [-0.4, -0.2) is 28.0 Å². The lowest BCUT2D eigenvalue weighted by Crippen LogP contribution is -2.13. The van der Waals surface area contributed by atoms with E-state index in [1.54, 1.807) is 0 Å². The fourth-order valence-electron chi connectivity index (χ4n) is 3.57. The second-order valence-electron chi connectivity index (χ2n) is 6.90. The number of benzene rings is 2. The number of aryl methyl sites for hydroxylation is 2. The first kappa shape index (κ1) is 17.3. The maximum absolute atomic E-state index is 12.8. The Kier molecular flexibility index (Phi) is 4.31. The summed E-state index contributed by atoms with van der Waals surface area (Å²) in [6.45, 7) is 2.08. The summed E-state index contributed by atoms with van der Waals surface area (Å²) in [7, 11) is 0. The van der Waals surface area contributed by atoms with Crippen LogP contribution in [0.2, 0.25) is 0 Å². The van der Waals surface area contributed by atoms with Gasteiger partial charge in [-0.2, -0.15) is 0 Å². The van der Waals surface area contributed by atoms with Gasteiger partial charge in [0.05, 0.1) is 5.25 Å². The van der Waals surface area contributed by atoms with Crippen molar-refractivity contribution < 1.29 is 18.7 Å². The summed E-state index contributed by atoms with van der Waals surface area (Å²) in [4.78, 5) is 12.8. The van der Waals surface area contributed by atoms with Gasteiger partial charge in [0.25, 0.3) is 5.22 Å². The molecule has 0 fully saturated rings. The standard InChI is InChI=1S/C21H18N2O4S/c1-12(19(24)15-6-5-13-3-2-4-14(13)9-15)28-21-23-22-20(27-21)16-7-8-17-18(10-16)26-11-25-17/h5-10,12H,2-4,11H2,1H3/t12-/m1/s1. The molecule has 2 aromatic carbocycles. The molecule has 3 aromatic rings. The number of hydrogen-bond donors (Lipinski definition) is 0. The molecule has 28 heavy (non-hydrogen) atoms. The van der Waals surface area contributed by atoms with Crippen LogP contribution < -0.4 is 9.47 Å². The van der Waals surface area contributed by atoms with E-state index in [9.17, 15) is 4.79 Å². The average Bonchev–Trinajstić information content (AvgIpc) is 3.46. The van der Waals surface area contributed by atoms with Gasteiger partial charge < -0.3 is 13.9 Å². The summed E-state index contributed by atoms with van der Waals surface area (Å²) in [5.74, 6) is 1.82. The SMILES string of the molecule is C[C@@H](Sc1nnc(-c2ccc3c(c2)OCO3)o1)C(=O)c1ccc2c(c1)CCC2. The first-order valence-electron chi connectivity index (χ1n) is 9.23. The average molecular weight is 394 g/mol. The highest BCUT2D eigenvalue weighted by atomic mass is 32.2. The Morgan fingerprint density at radius 1 is 1.04 bits per heavy atom. The fraction of sp³-hybridized carbons (Fsp3) is 0.286. The third-order valence-electron chi connectivity index (χ3n) is 5.06. The number of fused-ring (bicyclic) bond motifs is 2. The van der Waals surface area contributed by atoms with Gasteiger partial charge in [-0.3, -0.25) is 4.79 Å². The van der Waals surface area contributed by atoms with Crippen molar-refractivity contribution in [2.45, 2.75) is 36.7 Å². The van der Waals surface area contributed by atoms with Crippen molar-refractivity contribution in [2.75, 3.05) is 6.79 Å². The van der Waals surface area contributed by atoms with E-state index in [4.69, 9.17) is 13.9 Å². The first-order chi connectivity index (χ1) is 13.7. The molecule has 0 radical (unpaired) electrons. The number of nitrogens with zero attached hydrogens (tertiary/aromatic N) is 2. The summed E-state index contributed by atoms with van der Waals surface area (Å²) in [5, 5.41) is 8.24. The van der Waals surface area contributed by atoms with Gasteiger partial charge in [-0.05, 0) is 61.6 Å². The molecule has 2 aliphatic rings. The molecule has 0 saturated heterocycles. The molecule has 0 N–H and O–H groups in total. The molecule has 0 unspecified atom stereocenters. The number of ether oxygens (including phenoxy) is 2. The summed E-state index contributed by atoms with van der Waals surface area (Å²) in [6, 6.07) is 11.5. The maximum Gasteiger partial charge on any atom is 0.277 e. The predicted molar refractivity (Wildman–Crippen MR) is 104 cm³/mol. The zero-order chi connectivity index (χ0) is 19.1. The van der Waals surface area contributed by atoms with Gasteiger partial charge in [0.2, 0.25) is 12.7 Å². The highest BCUT2D eigenvalue weighted by molar-refractivity contribution is 8.00. The summed E-state index contributed by atoms with van der Waals surface area (Å²) in [6.07, 6.45) is 3.33. The molecule has 2 heterocycles. The van der Waals surface area contributed by atoms with Crippen LogP contribution in [0.5, 0.6) is 11.5 Å². The van der Waals surface area contributed by atoms with Crippen molar-refractivity contribution in [2.24, 2.45) is 0 Å². The lowest BCUT2D eigenvalue weighted by molar-refractivity contribution is 0.0993. The van der Waals surface area contributed by atoms with E-state index in [2.05, 4.69) is 16.3 Å². The number of carbonyl (C=O) groups excluding carboxylic acids is 1. The number of ketones is 1. The van der Waals surface area contributed by atoms with Crippen LogP contribution in [0, 0.1) is 0 Å². The van der Waals surface area contributed by atoms with E-state index in [-0.39, 0.29) is 17.8 Å². The number of hydrogen-bond acceptors (Lipinski definition) is 7. The van der Waals surface area contributed by atoms with Crippen LogP contribution in [0.1, 0.15) is 34.8 Å². The molecular formula is C21H18N2O4S. The van der Waals surface area contributed by atoms with E-state index in [1.807, 2.05) is 37.3 Å². The number of carbonyl (C=O) groups is 1. The van der Waals surface area contributed by atoms with Gasteiger partial charge in [-0.15, -0.1) is 10.2 Å². The van der Waals surface area contributed by atoms with Gasteiger partial charge in [0.1, 0.15) is 0 Å². The second-order valence-corrected chi connectivity index (χ2v) is 8.19. The van der Waals surface area contributed by atoms with E-state index >= 15 is 0 Å². The monoisotopic (exact) mass is 394 g/mol. The molecule has 142 valence electrons. The molecule has 5 rings (SSSR count). The van der Waals surface area contributed by atoms with Crippen molar-refractivity contribution in [3.8, 4) is 23.0 Å². The molecule has 1 aliphatic heterocycles. The predicted octanol–water partition coefficient (Wildman–Crippen LogP) is 4.32. The number of rotatable bonds is 5. The summed E-state index contributed by atoms with van der Waals surface area (Å²) >= 11 is 1.27. The molecule has 1 aliphatic carbocycles. The van der Waals surface area contributed by atoms with Crippen LogP contribution in [0.25, 0.3) is 11.5 Å². The van der Waals surface area contributed by atoms with E-state index in [1.165, 1.54) is 29.3 Å². The molecule has 1 aromatic heterocycles. The van der Waals surface area contributed by atoms with Gasteiger partial charge in [-0.1, -0.05) is 23.9 Å². The highest BCUT2D eigenvalue weighted by Crippen LogP contribution is 2.36. The van der Waals surface area contributed by atoms with Crippen molar-refractivity contribution in [3.05, 3.63) is 53.1 Å². The first-order valence-corrected chi connectivity index (χ1v) is 10.1. The molecule has 0 bridgehead atoms. The van der Waals surface area contributed by atoms with Crippen LogP contribution in [0.3, 0.4) is 0 Å². The largest absolute Gasteiger partial charge is 0.454 e. The van der Waals surface area contributed by atoms with Crippen LogP contribution in [-0.2, 0) is 12.8 Å². The Morgan fingerprint density at radius 3 is 2.82 bits per heavy atom. The molecule has 7 heteroatoms. The van der Waals surface area contributed by atoms with Gasteiger partial charge in [-0.25, -0.2) is 0 Å². The van der Waals surface area contributed by atoms with Gasteiger partial charge in [0, 0.05) is 11.1 Å². The Bertz CT molecular complexity index is 1060. The minimum Gasteiger partial charge on any atom is -0.454 e. The summed E-state index contributed by atoms with van der Waals surface area (Å²) in [5.41, 5.74) is 4.16. The third kappa shape index (κ3) is 3.16. The van der Waals surface area contributed by atoms with Crippen molar-refractivity contribution in [3.63, 3.8) is 0 Å². The van der Waals surface area contributed by atoms with E-state index < -0.39 is 0 Å². The number of aromatic nitrogens is 2. The fourth-order valence-corrected chi connectivity index (χ4v) is 4.33. The maximum atomic E-state index is 12.8. The minimum absolute atomic E-state index is 0.0718. The smallest absolute Gasteiger partial charge is 0.277 e. The third-order valence-corrected chi connectivity index (χ3v) is 5.99. The van der Waals surface area contributed by atoms with Crippen LogP contribution in [0.4, 0.5) is 0 Å². The number of Topliss-reactive ketones (excluding diaryl/α,β-unsaturated/α-hetero) is 1. The van der Waals surface area contributed by atoms with Crippen LogP contribution in [0.15, 0.2) is 46.0 Å². The molecule has 0 saturated carbocycles. The van der Waals surface area contributed by atoms with Gasteiger partial charge >= 0.3 is 0 Å². The summed E-state index contributed by atoms with van der Waals surface area (Å²) < 4.78 is 16.4. The van der Waals surface area contributed by atoms with E-state index in [0.717, 1.165) is 24.0 Å². The Morgan fingerprint density at radius 2 is 1.89 bits per heavy atom. The van der Waals surface area contributed by atoms with Gasteiger partial charge in [0.15, 0.2) is 17.3 Å². The lowest BCUT2D eigenvalue weighted by atomic mass is 10.0. The second kappa shape index (κ2) is 6.98. The zero-order valence-electron chi connectivity index (χ0n) is 15.3. The van der Waals surface area contributed by atoms with E-state index in [0.29, 0.717) is 22.6 Å². The van der Waals surface area contributed by atoms with Crippen molar-refractivity contribution in [1.82, 2.24) is 10.2 Å². The molecular weight excluding hydrogens is 376 g/mol. The highest BCUT2D eigenvalue weighted by Gasteiger charge is 2.22. The zero-order valence-corrected chi connectivity index (χ0v) is 16.1.